The quantitative estimate of drug-likeness (QED) is 0.0376. The third-order valence-corrected chi connectivity index (χ3v) is 16.6. The summed E-state index contributed by atoms with van der Waals surface area (Å²) in [7, 11) is 9.39. The molecule has 0 unspecified atom stereocenters. The number of nitrogens with zero attached hydrogens (tertiary/aromatic N) is 13. The number of pyridine rings is 9. The second-order valence-corrected chi connectivity index (χ2v) is 26.1. The van der Waals surface area contributed by atoms with Crippen LogP contribution in [0.15, 0.2) is 133 Å². The molecule has 0 bridgehead atoms. The lowest BCUT2D eigenvalue weighted by atomic mass is 10.0. The Balaban J connectivity index is 0.00000125. The highest BCUT2D eigenvalue weighted by Gasteiger charge is 2.19. The first-order chi connectivity index (χ1) is 48.4. The lowest BCUT2D eigenvalue weighted by Gasteiger charge is -2.09. The molecule has 580 valence electrons. The molecule has 24 heteroatoms. The van der Waals surface area contributed by atoms with E-state index < -0.39 is 11.2 Å². The Morgan fingerprint density at radius 3 is 1.25 bits per heavy atom. The van der Waals surface area contributed by atoms with Gasteiger partial charge in [0.1, 0.15) is 51.3 Å². The molecule has 12 aromatic rings. The van der Waals surface area contributed by atoms with Gasteiger partial charge in [-0.05, 0) is 225 Å². The van der Waals surface area contributed by atoms with Crippen LogP contribution in [0.5, 0.6) is 0 Å². The minimum Gasteiger partial charge on any atom is -0.478 e. The van der Waals surface area contributed by atoms with E-state index in [4.69, 9.17) is 38.1 Å². The summed E-state index contributed by atoms with van der Waals surface area (Å²) >= 11 is 7.07. The number of thioether (sulfide) groups is 1. The van der Waals surface area contributed by atoms with Crippen LogP contribution in [0.3, 0.4) is 0 Å². The van der Waals surface area contributed by atoms with E-state index in [0.29, 0.717) is 34.7 Å². The van der Waals surface area contributed by atoms with Gasteiger partial charge in [-0.15, -0.1) is 11.8 Å². The van der Waals surface area contributed by atoms with Gasteiger partial charge in [0.2, 0.25) is 0 Å². The maximum atomic E-state index is 12.4. The molecule has 0 radical (unpaired) electrons. The zero-order valence-corrected chi connectivity index (χ0v) is 63.5. The monoisotopic (exact) mass is 1510 g/mol. The number of nitrogens with two attached hydrogens (primary N) is 2. The number of ketones is 1. The van der Waals surface area contributed by atoms with Crippen LogP contribution in [0, 0.1) is 96.9 Å². The number of carbonyl (C=O) groups is 3. The van der Waals surface area contributed by atoms with Crippen LogP contribution in [-0.4, -0.2) is 113 Å². The first-order valence-electron chi connectivity index (χ1n) is 32.9. The van der Waals surface area contributed by atoms with Crippen molar-refractivity contribution >= 4 is 91.5 Å². The molecule has 8 N–H and O–H groups in total. The molecule has 22 nitrogen and oxygen atoms in total. The van der Waals surface area contributed by atoms with Gasteiger partial charge < -0.3 is 41.7 Å². The van der Waals surface area contributed by atoms with Crippen molar-refractivity contribution in [3.8, 4) is 23.0 Å². The number of aryl methyl sites for hydroxylation is 16. The molecule has 1 aromatic carbocycles. The third-order valence-electron chi connectivity index (χ3n) is 15.5. The molecule has 0 amide bonds. The number of Topliss-reactive ketones (excluding diaryl/α,β-unsaturated/α-hetero) is 1. The van der Waals surface area contributed by atoms with E-state index >= 15 is 0 Å². The van der Waals surface area contributed by atoms with E-state index in [-0.39, 0.29) is 50.3 Å². The van der Waals surface area contributed by atoms with Gasteiger partial charge in [-0.3, -0.25) is 9.59 Å². The Kier molecular flexibility index (Phi) is 40.8. The zero-order valence-electron chi connectivity index (χ0n) is 62.0. The van der Waals surface area contributed by atoms with Crippen LogP contribution in [0.2, 0.25) is 0 Å². The van der Waals surface area contributed by atoms with Crippen molar-refractivity contribution in [3.05, 3.63) is 229 Å². The summed E-state index contributed by atoms with van der Waals surface area (Å²) < 4.78 is 4.03. The summed E-state index contributed by atoms with van der Waals surface area (Å²) in [6.07, 6.45) is 9.39. The number of hydrogen-bond acceptors (Lipinski definition) is 20. The molecular formula is C84H117ClN18O4S. The highest BCUT2D eigenvalue weighted by molar-refractivity contribution is 7.99. The van der Waals surface area contributed by atoms with Gasteiger partial charge in [-0.1, -0.05) is 93.4 Å². The van der Waals surface area contributed by atoms with Crippen molar-refractivity contribution in [1.82, 2.24) is 64.0 Å². The molecule has 11 aromatic heterocycles. The minimum absolute atomic E-state index is 0. The zero-order chi connectivity index (χ0) is 75.2. The van der Waals surface area contributed by atoms with Crippen LogP contribution in [0.4, 0.5) is 28.8 Å². The SMILES string of the molecule is C.C.C.C.C.C.CCSc1ccc(C)nc1-c1nc2cc(C)cnc2n1C.CNc1ncc(C)cc1CC(=O)c1nc(C)ccc1C.CNc1ncc(C)cc1N.CNc1ncc(C)cc1N.Cc1ccc(C)c(C(=O)Cl)n1.Cc1ccc(C)c(C(=O)O)c1.Cc1cnc2c(c1)nc(-c1nc(C)ccc1C)n2C. The number of halogens is 1. The third kappa shape index (κ3) is 27.1. The smallest absolute Gasteiger partial charge is 0.335 e. The summed E-state index contributed by atoms with van der Waals surface area (Å²) in [6, 6.07) is 31.1. The van der Waals surface area contributed by atoms with Crippen LogP contribution in [0.25, 0.3) is 45.4 Å². The number of rotatable bonds is 12. The molecule has 0 saturated carbocycles. The van der Waals surface area contributed by atoms with E-state index in [1.165, 1.54) is 4.90 Å². The van der Waals surface area contributed by atoms with Crippen molar-refractivity contribution in [2.75, 3.05) is 54.3 Å². The number of nitrogen functional groups attached to an aromatic ring is 2. The lowest BCUT2D eigenvalue weighted by Crippen LogP contribution is -2.11. The normalized spacial score (nSPS) is 9.79. The molecule has 0 aliphatic rings. The molecule has 0 atom stereocenters. The number of carbonyl (C=O) groups excluding carboxylic acids is 2. The number of benzene rings is 1. The van der Waals surface area contributed by atoms with Gasteiger partial charge >= 0.3 is 5.97 Å². The van der Waals surface area contributed by atoms with Gasteiger partial charge in [-0.25, -0.2) is 59.6 Å². The molecular weight excluding hydrogens is 1390 g/mol. The fraction of sp³-hybridized carbons (Fsp3) is 0.333. The molecule has 0 aliphatic carbocycles. The van der Waals surface area contributed by atoms with E-state index in [0.717, 1.165) is 153 Å². The molecule has 11 heterocycles. The Morgan fingerprint density at radius 1 is 0.444 bits per heavy atom. The van der Waals surface area contributed by atoms with Crippen LogP contribution in [0.1, 0.15) is 167 Å². The number of imidazole rings is 2. The largest absolute Gasteiger partial charge is 0.478 e. The van der Waals surface area contributed by atoms with Crippen molar-refractivity contribution in [3.63, 3.8) is 0 Å². The van der Waals surface area contributed by atoms with Crippen LogP contribution < -0.4 is 27.4 Å². The van der Waals surface area contributed by atoms with Gasteiger partial charge in [-0.2, -0.15) is 0 Å². The lowest BCUT2D eigenvalue weighted by molar-refractivity contribution is 0.0695. The Bertz CT molecular complexity index is 4830. The highest BCUT2D eigenvalue weighted by atomic mass is 35.5. The number of nitrogens with one attached hydrogen (secondary N) is 3. The fourth-order valence-corrected chi connectivity index (χ4v) is 11.1. The van der Waals surface area contributed by atoms with E-state index in [1.807, 2.05) is 192 Å². The standard InChI is InChI=1S/C16H18N4S.C16H19N3O.C15H16N4.C9H10O2.C8H8ClNO.2C7H11N3.6CH4/c1-5-21-13-7-6-11(3)18-14(13)16-19-12-8-10(2)9-17-15(12)20(16)4;1-10-7-13(16(17-4)18-9-10)8-14(20)15-11(2)5-6-12(3)19-15;1-9-7-12-14(16-8-9)19(4)15(18-12)13-10(2)5-6-11(3)17-13;1-6-3-4-7(2)8(5-6)9(10)11;1-5-3-4-6(2)10-7(5)8(9)11;2*1-5-3-6(8)7(9-2)10-4-5;;;;;;/h6-9H,5H2,1-4H3;5-7,9H,8H2,1-4H3,(H,17,18);5-8H,1-4H3;3-5H,1-2H3,(H,10,11);3-4H,1-2H3;2*3-4H,8H2,1-2H3,(H,9,10);6*1H4. The first kappa shape index (κ1) is 97.0. The molecule has 108 heavy (non-hydrogen) atoms. The van der Waals surface area contributed by atoms with Crippen LogP contribution in [-0.2, 0) is 20.5 Å². The molecule has 0 fully saturated rings. The summed E-state index contributed by atoms with van der Waals surface area (Å²) in [5.41, 5.74) is 34.0. The number of carboxylic acid groups (broad SMARTS) is 1. The second kappa shape index (κ2) is 45.5. The van der Waals surface area contributed by atoms with Crippen molar-refractivity contribution in [1.29, 1.82) is 0 Å². The van der Waals surface area contributed by atoms with Gasteiger partial charge in [0, 0.05) is 106 Å². The maximum Gasteiger partial charge on any atom is 0.335 e. The average molecular weight is 1510 g/mol. The van der Waals surface area contributed by atoms with Crippen LogP contribution >= 0.6 is 23.4 Å². The van der Waals surface area contributed by atoms with Gasteiger partial charge in [0.15, 0.2) is 28.7 Å². The summed E-state index contributed by atoms with van der Waals surface area (Å²) in [4.78, 5) is 83.4. The Labute approximate surface area is 651 Å². The summed E-state index contributed by atoms with van der Waals surface area (Å²) in [5, 5.41) is 17.0. The van der Waals surface area contributed by atoms with E-state index in [2.05, 4.69) is 98.9 Å². The topological polar surface area (TPSA) is 311 Å². The average Bonchev–Trinajstić information content (AvgIpc) is 1.64. The Hall–Kier alpha value is -11.0. The predicted molar refractivity (Wildman–Crippen MR) is 457 cm³/mol. The predicted octanol–water partition coefficient (Wildman–Crippen LogP) is 19.5. The van der Waals surface area contributed by atoms with E-state index in [1.54, 1.807) is 57.4 Å². The van der Waals surface area contributed by atoms with Gasteiger partial charge in [0.05, 0.1) is 16.9 Å². The Morgan fingerprint density at radius 2 is 0.824 bits per heavy atom. The maximum absolute atomic E-state index is 12.4. The summed E-state index contributed by atoms with van der Waals surface area (Å²) in [6.45, 7) is 29.3. The molecule has 12 rings (SSSR count). The number of aromatic nitrogens is 13. The summed E-state index contributed by atoms with van der Waals surface area (Å²) in [5.74, 6) is 4.16. The second-order valence-electron chi connectivity index (χ2n) is 24.5. The number of hydrogen-bond donors (Lipinski definition) is 6. The molecule has 0 saturated heterocycles. The number of fused-ring (bicyclic) bond motifs is 2. The number of anilines is 5. The minimum atomic E-state index is -0.855. The van der Waals surface area contributed by atoms with Crippen molar-refractivity contribution in [2.45, 2.75) is 160 Å². The van der Waals surface area contributed by atoms with E-state index in [9.17, 15) is 14.4 Å². The first-order valence-corrected chi connectivity index (χ1v) is 34.2. The number of carboxylic acids is 1. The van der Waals surface area contributed by atoms with Crippen molar-refractivity contribution < 1.29 is 19.5 Å². The highest BCUT2D eigenvalue weighted by Crippen LogP contribution is 2.32. The molecule has 0 spiro atoms. The molecule has 0 aliphatic heterocycles. The van der Waals surface area contributed by atoms with Gasteiger partial charge in [0.25, 0.3) is 5.24 Å². The van der Waals surface area contributed by atoms with Crippen molar-refractivity contribution in [2.24, 2.45) is 14.1 Å². The number of aromatic carboxylic acids is 1. The fourth-order valence-electron chi connectivity index (χ4n) is 10.2.